The summed E-state index contributed by atoms with van der Waals surface area (Å²) >= 11 is 0. The average Bonchev–Trinajstić information content (AvgIpc) is 2.56. The van der Waals surface area contributed by atoms with Crippen LogP contribution in [-0.4, -0.2) is 33.3 Å². The molecular weight excluding hydrogens is 290 g/mol. The fourth-order valence-electron chi connectivity index (χ4n) is 2.01. The van der Waals surface area contributed by atoms with E-state index in [1.807, 2.05) is 67.5 Å². The highest BCUT2D eigenvalue weighted by Gasteiger charge is 2.02. The van der Waals surface area contributed by atoms with E-state index in [2.05, 4.69) is 10.5 Å². The molecule has 1 N–H and O–H groups in total. The Balaban J connectivity index is 1.85. The molecule has 2 rings (SSSR count). The molecule has 2 aromatic rings. The summed E-state index contributed by atoms with van der Waals surface area (Å²) in [6.07, 6.45) is 1.91. The predicted molar refractivity (Wildman–Crippen MR) is 93.2 cm³/mol. The molecular formula is C18H21N3O2. The Labute approximate surface area is 136 Å². The number of ether oxygens (including phenoxy) is 1. The summed E-state index contributed by atoms with van der Waals surface area (Å²) in [6, 6.07) is 15.3. The fourth-order valence-corrected chi connectivity index (χ4v) is 2.01. The molecule has 0 saturated heterocycles. The Morgan fingerprint density at radius 2 is 1.78 bits per heavy atom. The van der Waals surface area contributed by atoms with E-state index in [4.69, 9.17) is 4.74 Å². The van der Waals surface area contributed by atoms with Crippen molar-refractivity contribution in [1.82, 2.24) is 5.43 Å². The number of hydrogen-bond acceptors (Lipinski definition) is 4. The van der Waals surface area contributed by atoms with Crippen LogP contribution in [-0.2, 0) is 11.2 Å². The molecule has 0 unspecified atom stereocenters. The van der Waals surface area contributed by atoms with E-state index in [0.717, 1.165) is 22.6 Å². The van der Waals surface area contributed by atoms with Crippen molar-refractivity contribution in [1.29, 1.82) is 0 Å². The van der Waals surface area contributed by atoms with Gasteiger partial charge in [0.1, 0.15) is 5.75 Å². The normalized spacial score (nSPS) is 10.6. The minimum atomic E-state index is -0.156. The summed E-state index contributed by atoms with van der Waals surface area (Å²) in [4.78, 5) is 13.9. The number of carbonyl (C=O) groups is 1. The molecule has 0 aromatic heterocycles. The number of nitrogens with one attached hydrogen (secondary N) is 1. The van der Waals surface area contributed by atoms with Crippen molar-refractivity contribution in [3.05, 3.63) is 59.7 Å². The zero-order valence-electron chi connectivity index (χ0n) is 13.6. The van der Waals surface area contributed by atoms with Crippen LogP contribution in [0.25, 0.3) is 0 Å². The van der Waals surface area contributed by atoms with E-state index >= 15 is 0 Å². The van der Waals surface area contributed by atoms with Crippen LogP contribution in [0.5, 0.6) is 5.75 Å². The summed E-state index contributed by atoms with van der Waals surface area (Å²) in [5.41, 5.74) is 5.49. The van der Waals surface area contributed by atoms with Crippen LogP contribution in [0.15, 0.2) is 53.6 Å². The largest absolute Gasteiger partial charge is 0.497 e. The number of hydrazone groups is 1. The van der Waals surface area contributed by atoms with Gasteiger partial charge in [0.2, 0.25) is 5.91 Å². The van der Waals surface area contributed by atoms with Gasteiger partial charge in [0.25, 0.3) is 0 Å². The first-order valence-electron chi connectivity index (χ1n) is 7.30. The van der Waals surface area contributed by atoms with Crippen LogP contribution >= 0.6 is 0 Å². The van der Waals surface area contributed by atoms with Crippen molar-refractivity contribution in [3.8, 4) is 5.75 Å². The monoisotopic (exact) mass is 311 g/mol. The number of nitrogens with zero attached hydrogens (tertiary/aromatic N) is 2. The first kappa shape index (κ1) is 16.5. The summed E-state index contributed by atoms with van der Waals surface area (Å²) in [5.74, 6) is 0.615. The number of carbonyl (C=O) groups excluding carboxylic acids is 1. The van der Waals surface area contributed by atoms with Crippen LogP contribution in [0, 0.1) is 0 Å². The summed E-state index contributed by atoms with van der Waals surface area (Å²) in [7, 11) is 5.59. The highest BCUT2D eigenvalue weighted by atomic mass is 16.5. The third-order valence-electron chi connectivity index (χ3n) is 3.34. The number of amides is 1. The molecule has 0 radical (unpaired) electrons. The van der Waals surface area contributed by atoms with Crippen molar-refractivity contribution >= 4 is 17.8 Å². The Morgan fingerprint density at radius 3 is 2.35 bits per heavy atom. The maximum atomic E-state index is 11.8. The second kappa shape index (κ2) is 7.98. The highest BCUT2D eigenvalue weighted by molar-refractivity contribution is 5.83. The number of hydrogen-bond donors (Lipinski definition) is 1. The van der Waals surface area contributed by atoms with Crippen molar-refractivity contribution in [3.63, 3.8) is 0 Å². The molecule has 0 fully saturated rings. The van der Waals surface area contributed by atoms with Crippen molar-refractivity contribution in [2.75, 3.05) is 26.1 Å². The predicted octanol–water partition coefficient (Wildman–Crippen LogP) is 2.45. The average molecular weight is 311 g/mol. The smallest absolute Gasteiger partial charge is 0.244 e. The maximum Gasteiger partial charge on any atom is 0.244 e. The lowest BCUT2D eigenvalue weighted by Gasteiger charge is -2.11. The molecule has 5 heteroatoms. The summed E-state index contributed by atoms with van der Waals surface area (Å²) < 4.78 is 5.08. The Bertz CT molecular complexity index is 662. The van der Waals surface area contributed by atoms with Crippen LogP contribution in [0.2, 0.25) is 0 Å². The number of rotatable bonds is 6. The van der Waals surface area contributed by atoms with Crippen LogP contribution in [0.4, 0.5) is 5.69 Å². The number of methoxy groups -OCH3 is 1. The molecule has 23 heavy (non-hydrogen) atoms. The number of anilines is 1. The zero-order valence-corrected chi connectivity index (χ0v) is 13.6. The molecule has 0 aliphatic rings. The van der Waals surface area contributed by atoms with Gasteiger partial charge < -0.3 is 9.64 Å². The zero-order chi connectivity index (χ0) is 16.7. The Hall–Kier alpha value is -2.82. The van der Waals surface area contributed by atoms with E-state index < -0.39 is 0 Å². The van der Waals surface area contributed by atoms with Crippen LogP contribution in [0.1, 0.15) is 11.1 Å². The molecule has 1 amide bonds. The first-order valence-corrected chi connectivity index (χ1v) is 7.30. The van der Waals surface area contributed by atoms with Gasteiger partial charge in [0.05, 0.1) is 19.7 Å². The topological polar surface area (TPSA) is 53.9 Å². The Kier molecular flexibility index (Phi) is 5.74. The van der Waals surface area contributed by atoms with Gasteiger partial charge in [-0.05, 0) is 35.4 Å². The summed E-state index contributed by atoms with van der Waals surface area (Å²) in [5, 5.41) is 3.98. The van der Waals surface area contributed by atoms with Gasteiger partial charge in [0, 0.05) is 19.8 Å². The van der Waals surface area contributed by atoms with Crippen molar-refractivity contribution in [2.24, 2.45) is 5.10 Å². The second-order valence-electron chi connectivity index (χ2n) is 5.30. The van der Waals surface area contributed by atoms with E-state index in [1.54, 1.807) is 13.3 Å². The van der Waals surface area contributed by atoms with Gasteiger partial charge in [-0.3, -0.25) is 4.79 Å². The van der Waals surface area contributed by atoms with Crippen molar-refractivity contribution < 1.29 is 9.53 Å². The number of benzene rings is 2. The third-order valence-corrected chi connectivity index (χ3v) is 3.34. The first-order chi connectivity index (χ1) is 11.1. The molecule has 0 aliphatic carbocycles. The maximum absolute atomic E-state index is 11.8. The molecule has 0 spiro atoms. The molecule has 0 bridgehead atoms. The fraction of sp³-hybridized carbons (Fsp3) is 0.222. The molecule has 120 valence electrons. The van der Waals surface area contributed by atoms with Gasteiger partial charge in [-0.2, -0.15) is 5.10 Å². The lowest BCUT2D eigenvalue weighted by molar-refractivity contribution is -0.120. The van der Waals surface area contributed by atoms with Gasteiger partial charge in [-0.25, -0.2) is 5.43 Å². The van der Waals surface area contributed by atoms with Gasteiger partial charge >= 0.3 is 0 Å². The van der Waals surface area contributed by atoms with E-state index in [1.165, 1.54) is 0 Å². The van der Waals surface area contributed by atoms with Crippen LogP contribution < -0.4 is 15.1 Å². The van der Waals surface area contributed by atoms with Crippen molar-refractivity contribution in [2.45, 2.75) is 6.42 Å². The molecule has 0 aliphatic heterocycles. The van der Waals surface area contributed by atoms with Gasteiger partial charge in [-0.15, -0.1) is 0 Å². The van der Waals surface area contributed by atoms with Gasteiger partial charge in [-0.1, -0.05) is 24.3 Å². The van der Waals surface area contributed by atoms with Gasteiger partial charge in [0.15, 0.2) is 0 Å². The third kappa shape index (κ3) is 5.14. The van der Waals surface area contributed by atoms with Crippen LogP contribution in [0.3, 0.4) is 0 Å². The van der Waals surface area contributed by atoms with E-state index in [9.17, 15) is 4.79 Å². The molecule has 0 heterocycles. The molecule has 5 nitrogen and oxygen atoms in total. The molecule has 2 aromatic carbocycles. The molecule has 0 atom stereocenters. The SMILES string of the molecule is COc1ccc(CC(=O)N/N=C/c2ccc(N(C)C)cc2)cc1. The Morgan fingerprint density at radius 1 is 1.13 bits per heavy atom. The lowest BCUT2D eigenvalue weighted by Crippen LogP contribution is -2.19. The highest BCUT2D eigenvalue weighted by Crippen LogP contribution is 2.12. The summed E-state index contributed by atoms with van der Waals surface area (Å²) in [6.45, 7) is 0. The minimum absolute atomic E-state index is 0.156. The van der Waals surface area contributed by atoms with E-state index in [0.29, 0.717) is 0 Å². The van der Waals surface area contributed by atoms with E-state index in [-0.39, 0.29) is 12.3 Å². The second-order valence-corrected chi connectivity index (χ2v) is 5.30. The standard InChI is InChI=1S/C18H21N3O2/c1-21(2)16-8-4-15(5-9-16)13-19-20-18(22)12-14-6-10-17(23-3)11-7-14/h4-11,13H,12H2,1-3H3,(H,20,22)/b19-13+. The minimum Gasteiger partial charge on any atom is -0.497 e. The lowest BCUT2D eigenvalue weighted by atomic mass is 10.1. The molecule has 0 saturated carbocycles. The quantitative estimate of drug-likeness (QED) is 0.658.